The largest absolute Gasteiger partial charge is 0.353 e. The zero-order chi connectivity index (χ0) is 14.4. The maximum Gasteiger partial charge on any atom is 0.243 e. The molecule has 0 aliphatic carbocycles. The molecule has 20 heavy (non-hydrogen) atoms. The molecule has 0 saturated heterocycles. The van der Waals surface area contributed by atoms with Gasteiger partial charge < -0.3 is 5.32 Å². The lowest BCUT2D eigenvalue weighted by Gasteiger charge is -2.04. The minimum atomic E-state index is 0.737. The van der Waals surface area contributed by atoms with E-state index in [4.69, 9.17) is 0 Å². The number of aromatic nitrogens is 3. The monoisotopic (exact) mass is 274 g/mol. The van der Waals surface area contributed by atoms with E-state index in [-0.39, 0.29) is 0 Å². The SMILES string of the molecule is Cc1cccc2nc(NCCCCCCC(C)C)nn12. The van der Waals surface area contributed by atoms with Crippen LogP contribution in [0.3, 0.4) is 0 Å². The quantitative estimate of drug-likeness (QED) is 0.738. The van der Waals surface area contributed by atoms with Crippen molar-refractivity contribution in [2.75, 3.05) is 11.9 Å². The van der Waals surface area contributed by atoms with Gasteiger partial charge in [0.1, 0.15) is 0 Å². The topological polar surface area (TPSA) is 42.2 Å². The number of hydrogen-bond acceptors (Lipinski definition) is 3. The molecule has 0 aliphatic heterocycles. The molecule has 0 unspecified atom stereocenters. The Morgan fingerprint density at radius 3 is 2.70 bits per heavy atom. The summed E-state index contributed by atoms with van der Waals surface area (Å²) < 4.78 is 1.88. The Hall–Kier alpha value is -1.58. The zero-order valence-electron chi connectivity index (χ0n) is 12.9. The summed E-state index contributed by atoms with van der Waals surface area (Å²) in [6, 6.07) is 6.04. The Kier molecular flexibility index (Phi) is 5.39. The molecular formula is C16H26N4. The Morgan fingerprint density at radius 2 is 1.95 bits per heavy atom. The van der Waals surface area contributed by atoms with Crippen LogP contribution in [0.2, 0.25) is 0 Å². The van der Waals surface area contributed by atoms with Crippen LogP contribution in [0, 0.1) is 12.8 Å². The van der Waals surface area contributed by atoms with Crippen LogP contribution >= 0.6 is 0 Å². The molecule has 0 radical (unpaired) electrons. The fourth-order valence-corrected chi connectivity index (χ4v) is 2.34. The van der Waals surface area contributed by atoms with Crippen LogP contribution in [0.15, 0.2) is 18.2 Å². The number of anilines is 1. The molecule has 2 aromatic heterocycles. The third kappa shape index (κ3) is 4.22. The molecule has 0 saturated carbocycles. The van der Waals surface area contributed by atoms with Gasteiger partial charge in [-0.05, 0) is 31.4 Å². The van der Waals surface area contributed by atoms with Crippen molar-refractivity contribution >= 4 is 11.6 Å². The van der Waals surface area contributed by atoms with Crippen molar-refractivity contribution in [2.24, 2.45) is 5.92 Å². The summed E-state index contributed by atoms with van der Waals surface area (Å²) in [5.41, 5.74) is 2.01. The highest BCUT2D eigenvalue weighted by molar-refractivity contribution is 5.44. The predicted octanol–water partition coefficient (Wildman–Crippen LogP) is 4.06. The number of nitrogens with zero attached hydrogens (tertiary/aromatic N) is 3. The summed E-state index contributed by atoms with van der Waals surface area (Å²) in [6.07, 6.45) is 6.50. The zero-order valence-corrected chi connectivity index (χ0v) is 12.9. The van der Waals surface area contributed by atoms with E-state index in [1.165, 1.54) is 32.1 Å². The van der Waals surface area contributed by atoms with Gasteiger partial charge in [0.05, 0.1) is 0 Å². The van der Waals surface area contributed by atoms with Gasteiger partial charge >= 0.3 is 0 Å². The molecular weight excluding hydrogens is 248 g/mol. The molecule has 0 aromatic carbocycles. The Morgan fingerprint density at radius 1 is 1.15 bits per heavy atom. The van der Waals surface area contributed by atoms with Gasteiger partial charge in [-0.25, -0.2) is 4.52 Å². The van der Waals surface area contributed by atoms with Crippen molar-refractivity contribution in [3.63, 3.8) is 0 Å². The van der Waals surface area contributed by atoms with Crippen LogP contribution in [0.1, 0.15) is 51.6 Å². The molecule has 0 spiro atoms. The smallest absolute Gasteiger partial charge is 0.243 e. The molecule has 4 nitrogen and oxygen atoms in total. The van der Waals surface area contributed by atoms with Crippen LogP contribution in [0.25, 0.3) is 5.65 Å². The van der Waals surface area contributed by atoms with Crippen molar-refractivity contribution in [3.05, 3.63) is 23.9 Å². The highest BCUT2D eigenvalue weighted by Crippen LogP contribution is 2.10. The van der Waals surface area contributed by atoms with Crippen LogP contribution < -0.4 is 5.32 Å². The van der Waals surface area contributed by atoms with Crippen molar-refractivity contribution in [1.82, 2.24) is 14.6 Å². The fraction of sp³-hybridized carbons (Fsp3) is 0.625. The summed E-state index contributed by atoms with van der Waals surface area (Å²) in [6.45, 7) is 7.58. The molecule has 0 aliphatic rings. The lowest BCUT2D eigenvalue weighted by molar-refractivity contribution is 0.523. The van der Waals surface area contributed by atoms with Crippen LogP contribution in [0.5, 0.6) is 0 Å². The second-order valence-corrected chi connectivity index (χ2v) is 5.90. The Balaban J connectivity index is 1.69. The molecule has 2 aromatic rings. The van der Waals surface area contributed by atoms with Gasteiger partial charge in [0.2, 0.25) is 5.95 Å². The fourth-order valence-electron chi connectivity index (χ4n) is 2.34. The van der Waals surface area contributed by atoms with Crippen molar-refractivity contribution in [2.45, 2.75) is 52.9 Å². The van der Waals surface area contributed by atoms with E-state index in [9.17, 15) is 0 Å². The summed E-state index contributed by atoms with van der Waals surface area (Å²) in [5.74, 6) is 1.57. The first kappa shape index (κ1) is 14.8. The third-order valence-electron chi connectivity index (χ3n) is 3.54. The number of pyridine rings is 1. The summed E-state index contributed by atoms with van der Waals surface area (Å²) in [5, 5.41) is 7.78. The molecule has 2 rings (SSSR count). The molecule has 0 fully saturated rings. The molecule has 110 valence electrons. The van der Waals surface area contributed by atoms with Gasteiger partial charge in [-0.15, -0.1) is 5.10 Å². The number of aryl methyl sites for hydroxylation is 1. The molecule has 2 heterocycles. The predicted molar refractivity (Wildman–Crippen MR) is 84.1 cm³/mol. The molecule has 1 N–H and O–H groups in total. The number of rotatable bonds is 8. The first-order chi connectivity index (χ1) is 9.66. The average molecular weight is 274 g/mol. The Bertz CT molecular complexity index is 530. The third-order valence-corrected chi connectivity index (χ3v) is 3.54. The lowest BCUT2D eigenvalue weighted by atomic mass is 10.0. The maximum atomic E-state index is 4.47. The second kappa shape index (κ2) is 7.27. The molecule has 0 amide bonds. The van der Waals surface area contributed by atoms with Crippen LogP contribution in [0.4, 0.5) is 5.95 Å². The van der Waals surface area contributed by atoms with Gasteiger partial charge in [0.15, 0.2) is 5.65 Å². The molecule has 0 atom stereocenters. The van der Waals surface area contributed by atoms with E-state index < -0.39 is 0 Å². The van der Waals surface area contributed by atoms with Gasteiger partial charge in [-0.3, -0.25) is 0 Å². The van der Waals surface area contributed by atoms with Gasteiger partial charge in [-0.2, -0.15) is 4.98 Å². The van der Waals surface area contributed by atoms with Crippen LogP contribution in [-0.4, -0.2) is 21.1 Å². The second-order valence-electron chi connectivity index (χ2n) is 5.90. The van der Waals surface area contributed by atoms with Gasteiger partial charge in [0.25, 0.3) is 0 Å². The molecule has 4 heteroatoms. The van der Waals surface area contributed by atoms with Crippen molar-refractivity contribution in [3.8, 4) is 0 Å². The van der Waals surface area contributed by atoms with Gasteiger partial charge in [0, 0.05) is 12.2 Å². The van der Waals surface area contributed by atoms with E-state index in [1.807, 2.05) is 29.6 Å². The Labute approximate surface area is 121 Å². The van der Waals surface area contributed by atoms with E-state index in [0.717, 1.165) is 29.8 Å². The highest BCUT2D eigenvalue weighted by Gasteiger charge is 2.03. The van der Waals surface area contributed by atoms with Crippen molar-refractivity contribution < 1.29 is 0 Å². The number of fused-ring (bicyclic) bond motifs is 1. The van der Waals surface area contributed by atoms with E-state index in [2.05, 4.69) is 29.2 Å². The normalized spacial score (nSPS) is 11.4. The summed E-state index contributed by atoms with van der Waals surface area (Å²) in [7, 11) is 0. The summed E-state index contributed by atoms with van der Waals surface area (Å²) in [4.78, 5) is 4.47. The standard InChI is InChI=1S/C16H26N4/c1-13(2)9-6-4-5-7-12-17-16-18-15-11-8-10-14(3)20(15)19-16/h8,10-11,13H,4-7,9,12H2,1-3H3,(H,17,19). The summed E-state index contributed by atoms with van der Waals surface area (Å²) >= 11 is 0. The lowest BCUT2D eigenvalue weighted by Crippen LogP contribution is -2.03. The van der Waals surface area contributed by atoms with Crippen LogP contribution in [-0.2, 0) is 0 Å². The minimum Gasteiger partial charge on any atom is -0.353 e. The van der Waals surface area contributed by atoms with E-state index in [0.29, 0.717) is 0 Å². The highest BCUT2D eigenvalue weighted by atomic mass is 15.3. The van der Waals surface area contributed by atoms with Gasteiger partial charge in [-0.1, -0.05) is 45.6 Å². The minimum absolute atomic E-state index is 0.737. The molecule has 0 bridgehead atoms. The van der Waals surface area contributed by atoms with Crippen molar-refractivity contribution in [1.29, 1.82) is 0 Å². The number of hydrogen-bond donors (Lipinski definition) is 1. The first-order valence-electron chi connectivity index (χ1n) is 7.73. The van der Waals surface area contributed by atoms with E-state index >= 15 is 0 Å². The number of unbranched alkanes of at least 4 members (excludes halogenated alkanes) is 3. The maximum absolute atomic E-state index is 4.47. The average Bonchev–Trinajstić information content (AvgIpc) is 2.82. The first-order valence-corrected chi connectivity index (χ1v) is 7.73. The number of nitrogens with one attached hydrogen (secondary N) is 1. The van der Waals surface area contributed by atoms with E-state index in [1.54, 1.807) is 0 Å².